The number of rotatable bonds is 4. The van der Waals surface area contributed by atoms with Crippen LogP contribution in [0.4, 0.5) is 0 Å². The molecule has 0 saturated heterocycles. The Hall–Kier alpha value is -1.61. The maximum Gasteiger partial charge on any atom is 0.142 e. The van der Waals surface area contributed by atoms with Crippen molar-refractivity contribution in [3.63, 3.8) is 0 Å². The second-order valence-electron chi connectivity index (χ2n) is 2.73. The van der Waals surface area contributed by atoms with Crippen LogP contribution in [0, 0.1) is 0 Å². The van der Waals surface area contributed by atoms with Crippen molar-refractivity contribution >= 4 is 12.4 Å². The van der Waals surface area contributed by atoms with Crippen LogP contribution in [0.1, 0.15) is 11.1 Å². The molecule has 0 fully saturated rings. The van der Waals surface area contributed by atoms with Gasteiger partial charge in [0.1, 0.15) is 12.0 Å². The molecule has 0 aliphatic carbocycles. The quantitative estimate of drug-likeness (QED) is 0.579. The van der Waals surface area contributed by atoms with Crippen LogP contribution in [-0.4, -0.2) is 18.5 Å². The molecule has 14 heavy (non-hydrogen) atoms. The van der Waals surface area contributed by atoms with Crippen LogP contribution in [0.25, 0.3) is 6.08 Å². The van der Waals surface area contributed by atoms with Gasteiger partial charge in [-0.1, -0.05) is 6.07 Å². The van der Waals surface area contributed by atoms with Gasteiger partial charge in [0.2, 0.25) is 0 Å². The molecule has 0 atom stereocenters. The minimum Gasteiger partial charge on any atom is -0.496 e. The summed E-state index contributed by atoms with van der Waals surface area (Å²) in [5.74, 6) is 0.681. The fraction of sp³-hybridized carbons (Fsp3) is 0.182. The highest BCUT2D eigenvalue weighted by Gasteiger charge is 2.00. The lowest BCUT2D eigenvalue weighted by Gasteiger charge is -2.05. The summed E-state index contributed by atoms with van der Waals surface area (Å²) in [6.45, 7) is -0.0219. The first-order valence-electron chi connectivity index (χ1n) is 4.21. The molecule has 0 radical (unpaired) electrons. The molecule has 0 spiro atoms. The van der Waals surface area contributed by atoms with E-state index in [9.17, 15) is 4.79 Å². The lowest BCUT2D eigenvalue weighted by atomic mass is 10.1. The second-order valence-corrected chi connectivity index (χ2v) is 2.73. The van der Waals surface area contributed by atoms with Gasteiger partial charge in [-0.3, -0.25) is 4.79 Å². The van der Waals surface area contributed by atoms with E-state index in [4.69, 9.17) is 9.84 Å². The van der Waals surface area contributed by atoms with Crippen molar-refractivity contribution in [2.45, 2.75) is 6.61 Å². The zero-order chi connectivity index (χ0) is 10.4. The van der Waals surface area contributed by atoms with Gasteiger partial charge in [-0.25, -0.2) is 0 Å². The van der Waals surface area contributed by atoms with Gasteiger partial charge >= 0.3 is 0 Å². The van der Waals surface area contributed by atoms with Crippen molar-refractivity contribution in [2.75, 3.05) is 7.11 Å². The van der Waals surface area contributed by atoms with E-state index in [-0.39, 0.29) is 6.61 Å². The Morgan fingerprint density at radius 3 is 2.86 bits per heavy atom. The molecule has 0 unspecified atom stereocenters. The molecule has 0 saturated carbocycles. The fourth-order valence-corrected chi connectivity index (χ4v) is 1.16. The number of aliphatic hydroxyl groups excluding tert-OH is 1. The third kappa shape index (κ3) is 2.44. The standard InChI is InChI=1S/C11H12O3/c1-14-11-5-4-9(8-13)7-10(11)3-2-6-12/h2-7,13H,8H2,1H3. The summed E-state index contributed by atoms with van der Waals surface area (Å²) < 4.78 is 5.09. The van der Waals surface area contributed by atoms with Crippen LogP contribution in [0.5, 0.6) is 5.75 Å². The van der Waals surface area contributed by atoms with Gasteiger partial charge in [-0.05, 0) is 29.8 Å². The summed E-state index contributed by atoms with van der Waals surface area (Å²) >= 11 is 0. The number of ether oxygens (including phenoxy) is 1. The van der Waals surface area contributed by atoms with Gasteiger partial charge in [0.05, 0.1) is 13.7 Å². The average Bonchev–Trinajstić information content (AvgIpc) is 2.25. The summed E-state index contributed by atoms with van der Waals surface area (Å²) in [7, 11) is 1.56. The number of allylic oxidation sites excluding steroid dienone is 1. The topological polar surface area (TPSA) is 46.5 Å². The predicted molar refractivity (Wildman–Crippen MR) is 54.0 cm³/mol. The number of carbonyl (C=O) groups is 1. The molecule has 0 amide bonds. The molecule has 0 aliphatic heterocycles. The Kier molecular flexibility index (Phi) is 3.88. The van der Waals surface area contributed by atoms with Crippen molar-refractivity contribution in [1.29, 1.82) is 0 Å². The van der Waals surface area contributed by atoms with E-state index in [1.807, 2.05) is 0 Å². The second kappa shape index (κ2) is 5.19. The summed E-state index contributed by atoms with van der Waals surface area (Å²) in [5, 5.41) is 8.92. The minimum atomic E-state index is -0.0219. The highest BCUT2D eigenvalue weighted by atomic mass is 16.5. The van der Waals surface area contributed by atoms with Crippen LogP contribution >= 0.6 is 0 Å². The maximum absolute atomic E-state index is 10.2. The van der Waals surface area contributed by atoms with E-state index in [0.29, 0.717) is 12.0 Å². The smallest absolute Gasteiger partial charge is 0.142 e. The molecular formula is C11H12O3. The van der Waals surface area contributed by atoms with E-state index in [1.165, 1.54) is 6.08 Å². The van der Waals surface area contributed by atoms with Gasteiger partial charge in [-0.15, -0.1) is 0 Å². The fourth-order valence-electron chi connectivity index (χ4n) is 1.16. The lowest BCUT2D eigenvalue weighted by Crippen LogP contribution is -1.90. The number of carbonyl (C=O) groups excluding carboxylic acids is 1. The molecule has 0 heterocycles. The van der Waals surface area contributed by atoms with Crippen LogP contribution in [0.15, 0.2) is 24.3 Å². The minimum absolute atomic E-state index is 0.0219. The first-order valence-corrected chi connectivity index (χ1v) is 4.21. The van der Waals surface area contributed by atoms with E-state index < -0.39 is 0 Å². The van der Waals surface area contributed by atoms with Gasteiger partial charge in [0, 0.05) is 5.56 Å². The molecule has 1 aromatic rings. The first-order chi connectivity index (χ1) is 6.81. The molecule has 3 nitrogen and oxygen atoms in total. The van der Waals surface area contributed by atoms with E-state index in [0.717, 1.165) is 11.1 Å². The van der Waals surface area contributed by atoms with E-state index in [2.05, 4.69) is 0 Å². The Balaban J connectivity index is 3.07. The number of benzene rings is 1. The number of aldehydes is 1. The summed E-state index contributed by atoms with van der Waals surface area (Å²) in [4.78, 5) is 10.2. The monoisotopic (exact) mass is 192 g/mol. The van der Waals surface area contributed by atoms with Gasteiger partial charge < -0.3 is 9.84 Å². The Labute approximate surface area is 82.6 Å². The third-order valence-electron chi connectivity index (χ3n) is 1.83. The van der Waals surface area contributed by atoms with Crippen molar-refractivity contribution in [1.82, 2.24) is 0 Å². The molecule has 1 aromatic carbocycles. The van der Waals surface area contributed by atoms with E-state index >= 15 is 0 Å². The number of methoxy groups -OCH3 is 1. The molecule has 74 valence electrons. The first kappa shape index (κ1) is 10.5. The maximum atomic E-state index is 10.2. The highest BCUT2D eigenvalue weighted by Crippen LogP contribution is 2.21. The Morgan fingerprint density at radius 2 is 2.29 bits per heavy atom. The predicted octanol–water partition coefficient (Wildman–Crippen LogP) is 1.40. The van der Waals surface area contributed by atoms with Crippen molar-refractivity contribution in [3.8, 4) is 5.75 Å². The molecule has 0 aromatic heterocycles. The van der Waals surface area contributed by atoms with Crippen LogP contribution in [0.2, 0.25) is 0 Å². The zero-order valence-corrected chi connectivity index (χ0v) is 7.93. The summed E-state index contributed by atoms with van der Waals surface area (Å²) in [6.07, 6.45) is 3.73. The lowest BCUT2D eigenvalue weighted by molar-refractivity contribution is -0.104. The zero-order valence-electron chi connectivity index (χ0n) is 7.93. The Bertz CT molecular complexity index is 342. The van der Waals surface area contributed by atoms with Crippen LogP contribution in [0.3, 0.4) is 0 Å². The highest BCUT2D eigenvalue weighted by molar-refractivity contribution is 5.75. The summed E-state index contributed by atoms with van der Waals surface area (Å²) in [6, 6.07) is 5.31. The van der Waals surface area contributed by atoms with Gasteiger partial charge in [-0.2, -0.15) is 0 Å². The number of hydrogen-bond donors (Lipinski definition) is 1. The molecule has 1 rings (SSSR count). The third-order valence-corrected chi connectivity index (χ3v) is 1.83. The average molecular weight is 192 g/mol. The van der Waals surface area contributed by atoms with E-state index in [1.54, 1.807) is 31.4 Å². The normalized spacial score (nSPS) is 10.4. The van der Waals surface area contributed by atoms with Gasteiger partial charge in [0.15, 0.2) is 0 Å². The van der Waals surface area contributed by atoms with Crippen molar-refractivity contribution in [3.05, 3.63) is 35.4 Å². The summed E-state index contributed by atoms with van der Waals surface area (Å²) in [5.41, 5.74) is 1.57. The number of aliphatic hydroxyl groups is 1. The van der Waals surface area contributed by atoms with Gasteiger partial charge in [0.25, 0.3) is 0 Å². The SMILES string of the molecule is COc1ccc(CO)cc1C=CC=O. The van der Waals surface area contributed by atoms with Crippen molar-refractivity contribution < 1.29 is 14.6 Å². The number of hydrogen-bond acceptors (Lipinski definition) is 3. The largest absolute Gasteiger partial charge is 0.496 e. The molecule has 1 N–H and O–H groups in total. The van der Waals surface area contributed by atoms with Crippen LogP contribution < -0.4 is 4.74 Å². The Morgan fingerprint density at radius 1 is 1.50 bits per heavy atom. The molecule has 3 heteroatoms. The molecular weight excluding hydrogens is 180 g/mol. The van der Waals surface area contributed by atoms with Crippen molar-refractivity contribution in [2.24, 2.45) is 0 Å². The van der Waals surface area contributed by atoms with Crippen LogP contribution in [-0.2, 0) is 11.4 Å². The molecule has 0 bridgehead atoms. The molecule has 0 aliphatic rings.